The minimum Gasteiger partial charge on any atom is -0.454 e. The molecule has 0 radical (unpaired) electrons. The lowest BCUT2D eigenvalue weighted by Gasteiger charge is -2.49. The zero-order valence-corrected chi connectivity index (χ0v) is 25.3. The summed E-state index contributed by atoms with van der Waals surface area (Å²) in [7, 11) is 0. The summed E-state index contributed by atoms with van der Waals surface area (Å²) in [6.07, 6.45) is 3.72. The number of aromatic nitrogens is 4. The zero-order valence-electron chi connectivity index (χ0n) is 25.3. The number of piperidine rings is 2. The highest BCUT2D eigenvalue weighted by molar-refractivity contribution is 5.83. The number of nitrogens with zero attached hydrogens (tertiary/aromatic N) is 6. The number of halogens is 5. The Labute approximate surface area is 263 Å². The smallest absolute Gasteiger partial charge is 0.422 e. The molecule has 0 atom stereocenters. The molecular weight excluding hydrogens is 603 g/mol. The van der Waals surface area contributed by atoms with Gasteiger partial charge in [-0.2, -0.15) is 23.4 Å². The van der Waals surface area contributed by atoms with Crippen molar-refractivity contribution in [3.63, 3.8) is 0 Å². The van der Waals surface area contributed by atoms with E-state index in [0.29, 0.717) is 30.8 Å². The molecule has 2 aromatic heterocycles. The Kier molecular flexibility index (Phi) is 8.99. The number of likely N-dealkylation sites (tertiary alicyclic amines) is 1. The number of para-hydroxylation sites is 1. The fourth-order valence-corrected chi connectivity index (χ4v) is 6.48. The Morgan fingerprint density at radius 2 is 1.76 bits per heavy atom. The Balaban J connectivity index is 1.46. The molecule has 2 saturated heterocycles. The van der Waals surface area contributed by atoms with E-state index in [2.05, 4.69) is 32.0 Å². The van der Waals surface area contributed by atoms with Gasteiger partial charge in [-0.25, -0.2) is 18.7 Å². The van der Waals surface area contributed by atoms with Crippen molar-refractivity contribution in [3.05, 3.63) is 89.9 Å². The number of hydrogen-bond acceptors (Lipinski definition) is 7. The van der Waals surface area contributed by atoms with E-state index >= 15 is 17.6 Å². The molecular formula is C34H33F5N6O. The number of rotatable bonds is 7. The molecule has 4 aromatic rings. The standard InChI is InChI=1S/C34H33F5N6O/c1-2-44-18-13-33(14-19-44)12-5-17-45(22-33)31-23(20-26(36)32-40-15-11-27(43-32)24-10-16-41-42-21-24)8-9-29(30(31)34(37,38)39)46-28-7-4-3-6-25(28)35/h3-4,6-11,15-16,20-21H,2,5,12-14,17-19,22H2,1H3/b26-20-. The Bertz CT molecular complexity index is 1710. The van der Waals surface area contributed by atoms with Crippen LogP contribution in [0.15, 0.2) is 67.1 Å². The second-order valence-electron chi connectivity index (χ2n) is 11.8. The summed E-state index contributed by atoms with van der Waals surface area (Å²) < 4.78 is 81.5. The summed E-state index contributed by atoms with van der Waals surface area (Å²) in [5, 5.41) is 7.55. The number of ether oxygens (including phenoxy) is 1. The van der Waals surface area contributed by atoms with Gasteiger partial charge in [-0.15, -0.1) is 0 Å². The minimum absolute atomic E-state index is 0.00617. The van der Waals surface area contributed by atoms with Crippen LogP contribution in [0.5, 0.6) is 11.5 Å². The number of alkyl halides is 3. The van der Waals surface area contributed by atoms with E-state index in [0.717, 1.165) is 57.1 Å². The fourth-order valence-electron chi connectivity index (χ4n) is 6.48. The molecule has 0 unspecified atom stereocenters. The summed E-state index contributed by atoms with van der Waals surface area (Å²) in [4.78, 5) is 12.4. The average molecular weight is 637 g/mol. The van der Waals surface area contributed by atoms with Crippen molar-refractivity contribution in [2.24, 2.45) is 5.41 Å². The lowest BCUT2D eigenvalue weighted by atomic mass is 9.72. The molecule has 2 aromatic carbocycles. The maximum Gasteiger partial charge on any atom is 0.422 e. The summed E-state index contributed by atoms with van der Waals surface area (Å²) in [6, 6.07) is 11.0. The Morgan fingerprint density at radius 1 is 0.957 bits per heavy atom. The summed E-state index contributed by atoms with van der Waals surface area (Å²) >= 11 is 0. The first-order valence-corrected chi connectivity index (χ1v) is 15.3. The molecule has 4 heterocycles. The van der Waals surface area contributed by atoms with Crippen LogP contribution in [0.2, 0.25) is 0 Å². The van der Waals surface area contributed by atoms with Crippen LogP contribution in [-0.4, -0.2) is 57.8 Å². The first-order chi connectivity index (χ1) is 22.2. The molecule has 0 bridgehead atoms. The van der Waals surface area contributed by atoms with Crippen LogP contribution in [0.25, 0.3) is 23.2 Å². The van der Waals surface area contributed by atoms with E-state index in [1.54, 1.807) is 17.0 Å². The summed E-state index contributed by atoms with van der Waals surface area (Å²) in [6.45, 7) is 5.48. The van der Waals surface area contributed by atoms with Crippen molar-refractivity contribution >= 4 is 17.6 Å². The van der Waals surface area contributed by atoms with Crippen LogP contribution in [0.3, 0.4) is 0 Å². The van der Waals surface area contributed by atoms with E-state index in [1.165, 1.54) is 42.9 Å². The van der Waals surface area contributed by atoms with Crippen molar-refractivity contribution in [1.29, 1.82) is 0 Å². The molecule has 6 rings (SSSR count). The molecule has 0 N–H and O–H groups in total. The van der Waals surface area contributed by atoms with Gasteiger partial charge in [0, 0.05) is 30.4 Å². The van der Waals surface area contributed by atoms with Gasteiger partial charge in [0.05, 0.1) is 23.8 Å². The van der Waals surface area contributed by atoms with E-state index in [1.807, 2.05) is 0 Å². The summed E-state index contributed by atoms with van der Waals surface area (Å²) in [5.41, 5.74) is -0.516. The molecule has 0 saturated carbocycles. The first kappa shape index (κ1) is 31.5. The molecule has 1 spiro atoms. The zero-order chi connectivity index (χ0) is 32.3. The van der Waals surface area contributed by atoms with Crippen molar-refractivity contribution in [2.75, 3.05) is 37.6 Å². The molecule has 12 heteroatoms. The van der Waals surface area contributed by atoms with Crippen molar-refractivity contribution < 1.29 is 26.7 Å². The second-order valence-corrected chi connectivity index (χ2v) is 11.8. The molecule has 7 nitrogen and oxygen atoms in total. The van der Waals surface area contributed by atoms with Gasteiger partial charge in [-0.1, -0.05) is 19.1 Å². The Morgan fingerprint density at radius 3 is 2.48 bits per heavy atom. The lowest BCUT2D eigenvalue weighted by Crippen LogP contribution is -2.50. The molecule has 0 aliphatic carbocycles. The third-order valence-electron chi connectivity index (χ3n) is 8.88. The van der Waals surface area contributed by atoms with Crippen LogP contribution in [0.4, 0.5) is 27.6 Å². The fraction of sp³-hybridized carbons (Fsp3) is 0.353. The monoisotopic (exact) mass is 636 g/mol. The second kappa shape index (κ2) is 13.1. The van der Waals surface area contributed by atoms with Gasteiger partial charge in [-0.05, 0) is 93.2 Å². The highest BCUT2D eigenvalue weighted by Gasteiger charge is 2.44. The largest absolute Gasteiger partial charge is 0.454 e. The maximum absolute atomic E-state index is 15.9. The molecule has 0 amide bonds. The van der Waals surface area contributed by atoms with E-state index < -0.39 is 29.1 Å². The Hall–Kier alpha value is -4.45. The quantitative estimate of drug-likeness (QED) is 0.190. The van der Waals surface area contributed by atoms with Gasteiger partial charge in [0.15, 0.2) is 23.2 Å². The van der Waals surface area contributed by atoms with E-state index in [-0.39, 0.29) is 28.2 Å². The molecule has 46 heavy (non-hydrogen) atoms. The van der Waals surface area contributed by atoms with Gasteiger partial charge < -0.3 is 14.5 Å². The van der Waals surface area contributed by atoms with Gasteiger partial charge in [0.25, 0.3) is 0 Å². The lowest BCUT2D eigenvalue weighted by molar-refractivity contribution is -0.138. The van der Waals surface area contributed by atoms with Gasteiger partial charge in [-0.3, -0.25) is 0 Å². The van der Waals surface area contributed by atoms with Crippen LogP contribution in [-0.2, 0) is 6.18 Å². The molecule has 2 aliphatic rings. The third-order valence-corrected chi connectivity index (χ3v) is 8.88. The normalized spacial score (nSPS) is 17.3. The summed E-state index contributed by atoms with van der Waals surface area (Å²) in [5.74, 6) is -2.90. The third kappa shape index (κ3) is 6.72. The predicted molar refractivity (Wildman–Crippen MR) is 165 cm³/mol. The number of anilines is 1. The average Bonchev–Trinajstić information content (AvgIpc) is 3.06. The molecule has 2 aliphatic heterocycles. The molecule has 2 fully saturated rings. The molecule has 240 valence electrons. The highest BCUT2D eigenvalue weighted by Crippen LogP contribution is 2.50. The van der Waals surface area contributed by atoms with E-state index in [4.69, 9.17) is 4.74 Å². The van der Waals surface area contributed by atoms with E-state index in [9.17, 15) is 4.39 Å². The highest BCUT2D eigenvalue weighted by atomic mass is 19.4. The van der Waals surface area contributed by atoms with Crippen molar-refractivity contribution in [3.8, 4) is 22.8 Å². The first-order valence-electron chi connectivity index (χ1n) is 15.3. The van der Waals surface area contributed by atoms with Crippen molar-refractivity contribution in [2.45, 2.75) is 38.8 Å². The van der Waals surface area contributed by atoms with Gasteiger partial charge in [0.2, 0.25) is 0 Å². The van der Waals surface area contributed by atoms with Crippen LogP contribution < -0.4 is 9.64 Å². The van der Waals surface area contributed by atoms with Crippen LogP contribution in [0, 0.1) is 11.2 Å². The van der Waals surface area contributed by atoms with Gasteiger partial charge >= 0.3 is 6.18 Å². The number of benzene rings is 2. The maximum atomic E-state index is 15.9. The van der Waals surface area contributed by atoms with Crippen molar-refractivity contribution in [1.82, 2.24) is 25.1 Å². The predicted octanol–water partition coefficient (Wildman–Crippen LogP) is 8.05. The topological polar surface area (TPSA) is 67.3 Å². The van der Waals surface area contributed by atoms with Crippen LogP contribution in [0.1, 0.15) is 49.6 Å². The van der Waals surface area contributed by atoms with Gasteiger partial charge in [0.1, 0.15) is 11.3 Å². The number of hydrogen-bond donors (Lipinski definition) is 0. The van der Waals surface area contributed by atoms with Crippen LogP contribution >= 0.6 is 0 Å². The minimum atomic E-state index is -4.91. The SMILES string of the molecule is CCN1CCC2(CCCN(c3c(/C=C(\F)c4nccc(-c5ccnnc5)n4)ccc(Oc4ccccc4F)c3C(F)(F)F)C2)CC1.